The fraction of sp³-hybridized carbons (Fsp3) is 0.615. The predicted octanol–water partition coefficient (Wildman–Crippen LogP) is 0.695. The molecule has 1 saturated carbocycles. The van der Waals surface area contributed by atoms with Crippen LogP contribution >= 0.6 is 11.6 Å². The van der Waals surface area contributed by atoms with Crippen molar-refractivity contribution in [1.82, 2.24) is 19.5 Å². The lowest BCUT2D eigenvalue weighted by Crippen LogP contribution is -2.24. The number of aliphatic hydroxyl groups excluding tert-OH is 2. The summed E-state index contributed by atoms with van der Waals surface area (Å²) in [7, 11) is 0. The van der Waals surface area contributed by atoms with Crippen LogP contribution in [0, 0.1) is 0 Å². The molecule has 3 atom stereocenters. The van der Waals surface area contributed by atoms with E-state index in [1.807, 2.05) is 0 Å². The summed E-state index contributed by atoms with van der Waals surface area (Å²) in [5.74, 6) is 0.619. The van der Waals surface area contributed by atoms with Crippen LogP contribution in [-0.2, 0) is 4.74 Å². The topological polar surface area (TPSA) is 105 Å². The molecule has 1 aliphatic heterocycles. The molecule has 2 aliphatic rings. The van der Waals surface area contributed by atoms with Crippen molar-refractivity contribution in [1.29, 1.82) is 0 Å². The monoisotopic (exact) mass is 325 g/mol. The number of nitrogens with zero attached hydrogens (tertiary/aromatic N) is 4. The van der Waals surface area contributed by atoms with Crippen molar-refractivity contribution in [2.45, 2.75) is 43.7 Å². The summed E-state index contributed by atoms with van der Waals surface area (Å²) in [5, 5.41) is 22.5. The van der Waals surface area contributed by atoms with Crippen LogP contribution in [0.2, 0.25) is 5.28 Å². The van der Waals surface area contributed by atoms with Crippen LogP contribution in [0.4, 0.5) is 5.82 Å². The third-order valence-electron chi connectivity index (χ3n) is 4.01. The quantitative estimate of drug-likeness (QED) is 0.710. The maximum Gasteiger partial charge on any atom is 0.226 e. The number of hydrogen-bond donors (Lipinski definition) is 3. The first kappa shape index (κ1) is 14.1. The van der Waals surface area contributed by atoms with Crippen molar-refractivity contribution >= 4 is 28.6 Å². The second-order valence-corrected chi connectivity index (χ2v) is 6.04. The Hall–Kier alpha value is -1.48. The third-order valence-corrected chi connectivity index (χ3v) is 4.18. The van der Waals surface area contributed by atoms with Crippen molar-refractivity contribution in [3.05, 3.63) is 11.6 Å². The highest BCUT2D eigenvalue weighted by molar-refractivity contribution is 6.28. The van der Waals surface area contributed by atoms with E-state index < -0.39 is 18.4 Å². The molecule has 2 aromatic rings. The van der Waals surface area contributed by atoms with Gasteiger partial charge in [0.15, 0.2) is 17.0 Å². The molecule has 8 nitrogen and oxygen atoms in total. The number of aliphatic hydroxyl groups is 2. The van der Waals surface area contributed by atoms with E-state index in [4.69, 9.17) is 16.3 Å². The lowest BCUT2D eigenvalue weighted by atomic mass is 10.2. The Morgan fingerprint density at radius 2 is 2.23 bits per heavy atom. The summed E-state index contributed by atoms with van der Waals surface area (Å²) in [4.78, 5) is 12.8. The molecule has 118 valence electrons. The molecule has 0 bridgehead atoms. The Balaban J connectivity index is 1.71. The normalized spacial score (nSPS) is 28.4. The van der Waals surface area contributed by atoms with Crippen molar-refractivity contribution in [3.63, 3.8) is 0 Å². The van der Waals surface area contributed by atoms with Gasteiger partial charge in [0, 0.05) is 12.5 Å². The van der Waals surface area contributed by atoms with Crippen LogP contribution in [0.5, 0.6) is 0 Å². The molecule has 0 aromatic carbocycles. The second kappa shape index (κ2) is 5.31. The number of halogens is 1. The van der Waals surface area contributed by atoms with Gasteiger partial charge in [-0.3, -0.25) is 4.57 Å². The number of ether oxygens (including phenoxy) is 1. The standard InChI is InChI=1S/C13H16ClN5O3/c14-13-17-11(16-6-1-2-6)10-12(18-13)19(5-15-10)9-3-7(21)8(4-20)22-9/h5-9,20-21H,1-4H2,(H,16,17,18). The molecule has 22 heavy (non-hydrogen) atoms. The highest BCUT2D eigenvalue weighted by atomic mass is 35.5. The van der Waals surface area contributed by atoms with Crippen LogP contribution in [0.25, 0.3) is 11.2 Å². The van der Waals surface area contributed by atoms with Gasteiger partial charge in [0.25, 0.3) is 0 Å². The van der Waals surface area contributed by atoms with E-state index in [1.54, 1.807) is 10.9 Å². The van der Waals surface area contributed by atoms with E-state index in [2.05, 4.69) is 20.3 Å². The predicted molar refractivity (Wildman–Crippen MR) is 78.6 cm³/mol. The third kappa shape index (κ3) is 2.41. The van der Waals surface area contributed by atoms with Gasteiger partial charge in [0.1, 0.15) is 12.3 Å². The van der Waals surface area contributed by atoms with Gasteiger partial charge in [-0.2, -0.15) is 9.97 Å². The molecule has 3 heterocycles. The second-order valence-electron chi connectivity index (χ2n) is 5.70. The van der Waals surface area contributed by atoms with Gasteiger partial charge in [-0.25, -0.2) is 4.98 Å². The Morgan fingerprint density at radius 1 is 1.41 bits per heavy atom. The SMILES string of the molecule is OCC1OC(n2cnc3c(NC4CC4)nc(Cl)nc32)CC1O. The number of imidazole rings is 1. The maximum atomic E-state index is 9.88. The fourth-order valence-corrected chi connectivity index (χ4v) is 2.84. The molecular formula is C13H16ClN5O3. The molecule has 0 spiro atoms. The zero-order valence-electron chi connectivity index (χ0n) is 11.7. The summed E-state index contributed by atoms with van der Waals surface area (Å²) >= 11 is 6.01. The minimum atomic E-state index is -0.714. The average Bonchev–Trinajstić information content (AvgIpc) is 3.07. The van der Waals surface area contributed by atoms with Crippen LogP contribution in [-0.4, -0.2) is 54.6 Å². The van der Waals surface area contributed by atoms with Gasteiger partial charge >= 0.3 is 0 Å². The molecule has 1 saturated heterocycles. The lowest BCUT2D eigenvalue weighted by molar-refractivity contribution is -0.0432. The minimum Gasteiger partial charge on any atom is -0.394 e. The average molecular weight is 326 g/mol. The number of rotatable bonds is 4. The summed E-state index contributed by atoms with van der Waals surface area (Å²) in [5.41, 5.74) is 1.18. The fourth-order valence-electron chi connectivity index (χ4n) is 2.67. The summed E-state index contributed by atoms with van der Waals surface area (Å²) in [6, 6.07) is 0.419. The van der Waals surface area contributed by atoms with E-state index in [0.29, 0.717) is 29.4 Å². The number of fused-ring (bicyclic) bond motifs is 1. The Kier molecular flexibility index (Phi) is 3.41. The Morgan fingerprint density at radius 3 is 2.91 bits per heavy atom. The van der Waals surface area contributed by atoms with Crippen LogP contribution < -0.4 is 5.32 Å². The van der Waals surface area contributed by atoms with Gasteiger partial charge in [-0.05, 0) is 24.4 Å². The first-order valence-corrected chi connectivity index (χ1v) is 7.64. The smallest absolute Gasteiger partial charge is 0.226 e. The van der Waals surface area contributed by atoms with Gasteiger partial charge in [0.05, 0.1) is 19.0 Å². The van der Waals surface area contributed by atoms with Gasteiger partial charge < -0.3 is 20.3 Å². The summed E-state index contributed by atoms with van der Waals surface area (Å²) in [6.45, 7) is -0.228. The molecule has 3 N–H and O–H groups in total. The molecule has 4 rings (SSSR count). The largest absolute Gasteiger partial charge is 0.394 e. The van der Waals surface area contributed by atoms with Crippen LogP contribution in [0.1, 0.15) is 25.5 Å². The summed E-state index contributed by atoms with van der Waals surface area (Å²) < 4.78 is 7.37. The van der Waals surface area contributed by atoms with Gasteiger partial charge in [-0.1, -0.05) is 0 Å². The molecule has 2 fully saturated rings. The van der Waals surface area contributed by atoms with E-state index in [1.165, 1.54) is 0 Å². The molecule has 0 radical (unpaired) electrons. The number of anilines is 1. The molecule has 9 heteroatoms. The van der Waals surface area contributed by atoms with Crippen molar-refractivity contribution < 1.29 is 14.9 Å². The highest BCUT2D eigenvalue weighted by Crippen LogP contribution is 2.33. The van der Waals surface area contributed by atoms with E-state index in [9.17, 15) is 10.2 Å². The molecule has 2 aromatic heterocycles. The van der Waals surface area contributed by atoms with Crippen LogP contribution in [0.3, 0.4) is 0 Å². The van der Waals surface area contributed by atoms with E-state index >= 15 is 0 Å². The zero-order valence-corrected chi connectivity index (χ0v) is 12.4. The zero-order chi connectivity index (χ0) is 15.3. The van der Waals surface area contributed by atoms with Crippen molar-refractivity contribution in [3.8, 4) is 0 Å². The highest BCUT2D eigenvalue weighted by Gasteiger charge is 2.35. The maximum absolute atomic E-state index is 9.88. The van der Waals surface area contributed by atoms with Crippen molar-refractivity contribution in [2.75, 3.05) is 11.9 Å². The first-order valence-electron chi connectivity index (χ1n) is 7.26. The van der Waals surface area contributed by atoms with Crippen LogP contribution in [0.15, 0.2) is 6.33 Å². The Labute approximate surface area is 131 Å². The first-order chi connectivity index (χ1) is 10.7. The van der Waals surface area contributed by atoms with Gasteiger partial charge in [0.2, 0.25) is 5.28 Å². The molecular weight excluding hydrogens is 310 g/mol. The molecule has 0 amide bonds. The Bertz CT molecular complexity index is 704. The number of nitrogens with one attached hydrogen (secondary N) is 1. The van der Waals surface area contributed by atoms with E-state index in [-0.39, 0.29) is 11.9 Å². The molecule has 1 aliphatic carbocycles. The summed E-state index contributed by atoms with van der Waals surface area (Å²) in [6.07, 6.45) is 2.45. The van der Waals surface area contributed by atoms with E-state index in [0.717, 1.165) is 12.8 Å². The van der Waals surface area contributed by atoms with Gasteiger partial charge in [-0.15, -0.1) is 0 Å². The number of aromatic nitrogens is 4. The lowest BCUT2D eigenvalue weighted by Gasteiger charge is -2.14. The number of hydrogen-bond acceptors (Lipinski definition) is 7. The molecule has 3 unspecified atom stereocenters. The van der Waals surface area contributed by atoms with Crippen molar-refractivity contribution in [2.24, 2.45) is 0 Å². The minimum absolute atomic E-state index is 0.134.